The Bertz CT molecular complexity index is 1100. The highest BCUT2D eigenvalue weighted by Gasteiger charge is 2.20. The monoisotopic (exact) mass is 389 g/mol. The second kappa shape index (κ2) is 8.02. The summed E-state index contributed by atoms with van der Waals surface area (Å²) in [4.78, 5) is 21.8. The van der Waals surface area contributed by atoms with Gasteiger partial charge in [0, 0.05) is 12.7 Å². The highest BCUT2D eigenvalue weighted by molar-refractivity contribution is 6.33. The summed E-state index contributed by atoms with van der Waals surface area (Å²) in [6.45, 7) is 0.497. The van der Waals surface area contributed by atoms with Gasteiger partial charge in [0.25, 0.3) is 5.91 Å². The van der Waals surface area contributed by atoms with Gasteiger partial charge in [-0.25, -0.2) is 0 Å². The summed E-state index contributed by atoms with van der Waals surface area (Å²) in [6, 6.07) is 22.1. The third-order valence-electron chi connectivity index (χ3n) is 4.09. The van der Waals surface area contributed by atoms with E-state index in [0.717, 1.165) is 5.56 Å². The van der Waals surface area contributed by atoms with Crippen molar-refractivity contribution < 1.29 is 4.79 Å². The predicted molar refractivity (Wildman–Crippen MR) is 108 cm³/mol. The van der Waals surface area contributed by atoms with Crippen molar-refractivity contribution in [1.29, 1.82) is 0 Å². The zero-order valence-electron chi connectivity index (χ0n) is 14.8. The number of aromatic nitrogens is 4. The maximum atomic E-state index is 13.1. The second-order valence-electron chi connectivity index (χ2n) is 6.01. The van der Waals surface area contributed by atoms with Crippen molar-refractivity contribution >= 4 is 23.5 Å². The number of pyridine rings is 1. The van der Waals surface area contributed by atoms with Crippen LogP contribution in [0.5, 0.6) is 0 Å². The molecule has 0 atom stereocenters. The normalized spacial score (nSPS) is 10.6. The fourth-order valence-corrected chi connectivity index (χ4v) is 2.91. The van der Waals surface area contributed by atoms with E-state index < -0.39 is 0 Å². The smallest absolute Gasteiger partial charge is 0.282 e. The van der Waals surface area contributed by atoms with Crippen molar-refractivity contribution in [3.63, 3.8) is 0 Å². The van der Waals surface area contributed by atoms with Gasteiger partial charge in [0.1, 0.15) is 5.69 Å². The van der Waals surface area contributed by atoms with Crippen LogP contribution in [0, 0.1) is 0 Å². The molecule has 0 amide bonds. The number of hydrogen-bond acceptors (Lipinski definition) is 5. The average Bonchev–Trinajstić information content (AvgIpc) is 3.18. The van der Waals surface area contributed by atoms with Crippen LogP contribution in [0.25, 0.3) is 11.5 Å². The van der Waals surface area contributed by atoms with E-state index >= 15 is 0 Å². The Kier molecular flexibility index (Phi) is 5.12. The van der Waals surface area contributed by atoms with Crippen LogP contribution in [0.15, 0.2) is 79.0 Å². The number of nitrogens with one attached hydrogen (secondary N) is 1. The van der Waals surface area contributed by atoms with E-state index in [2.05, 4.69) is 20.4 Å². The third-order valence-corrected chi connectivity index (χ3v) is 4.42. The standard InChI is InChI=1S/C21H16ClN5O/c22-17-11-5-4-10-16(17)20(28)27-21(24-14-15-8-2-1-3-9-15)25-19(26-27)18-12-6-7-13-23-18/h1-13H,14H2,(H,24,25,26). The predicted octanol–water partition coefficient (Wildman–Crippen LogP) is 4.29. The van der Waals surface area contributed by atoms with E-state index in [1.165, 1.54) is 4.68 Å². The van der Waals surface area contributed by atoms with E-state index in [4.69, 9.17) is 11.6 Å². The number of halogens is 1. The molecule has 0 spiro atoms. The summed E-state index contributed by atoms with van der Waals surface area (Å²) >= 11 is 6.20. The van der Waals surface area contributed by atoms with E-state index in [9.17, 15) is 4.79 Å². The molecule has 0 radical (unpaired) electrons. The molecule has 7 heteroatoms. The lowest BCUT2D eigenvalue weighted by atomic mass is 10.2. The van der Waals surface area contributed by atoms with E-state index in [1.54, 1.807) is 36.5 Å². The molecule has 28 heavy (non-hydrogen) atoms. The minimum atomic E-state index is -0.365. The van der Waals surface area contributed by atoms with Gasteiger partial charge >= 0.3 is 0 Å². The molecule has 6 nitrogen and oxygen atoms in total. The molecule has 0 bridgehead atoms. The molecule has 0 fully saturated rings. The van der Waals surface area contributed by atoms with Crippen molar-refractivity contribution in [2.75, 3.05) is 5.32 Å². The molecule has 4 rings (SSSR count). The molecule has 0 saturated heterocycles. The average molecular weight is 390 g/mol. The number of nitrogens with zero attached hydrogens (tertiary/aromatic N) is 4. The highest BCUT2D eigenvalue weighted by atomic mass is 35.5. The molecule has 1 N–H and O–H groups in total. The molecule has 2 aromatic heterocycles. The third kappa shape index (κ3) is 3.77. The van der Waals surface area contributed by atoms with Gasteiger partial charge < -0.3 is 5.32 Å². The lowest BCUT2D eigenvalue weighted by molar-refractivity contribution is 0.0947. The summed E-state index contributed by atoms with van der Waals surface area (Å²) in [5.74, 6) is 0.321. The Labute approximate surface area is 166 Å². The molecule has 2 heterocycles. The maximum absolute atomic E-state index is 13.1. The van der Waals surface area contributed by atoms with Crippen LogP contribution >= 0.6 is 11.6 Å². The molecule has 0 aliphatic heterocycles. The molecular formula is C21H16ClN5O. The first-order valence-corrected chi connectivity index (χ1v) is 9.05. The summed E-state index contributed by atoms with van der Waals surface area (Å²) < 4.78 is 1.23. The van der Waals surface area contributed by atoms with Crippen LogP contribution in [0.2, 0.25) is 5.02 Å². The Morgan fingerprint density at radius 1 is 0.964 bits per heavy atom. The summed E-state index contributed by atoms with van der Waals surface area (Å²) in [7, 11) is 0. The minimum Gasteiger partial charge on any atom is -0.350 e. The van der Waals surface area contributed by atoms with Gasteiger partial charge in [-0.2, -0.15) is 9.67 Å². The largest absolute Gasteiger partial charge is 0.350 e. The quantitative estimate of drug-likeness (QED) is 0.551. The van der Waals surface area contributed by atoms with E-state index in [1.807, 2.05) is 42.5 Å². The maximum Gasteiger partial charge on any atom is 0.282 e. The number of carbonyl (C=O) groups is 1. The minimum absolute atomic E-state index is 0.328. The Balaban J connectivity index is 1.71. The molecule has 0 aliphatic carbocycles. The van der Waals surface area contributed by atoms with Crippen LogP contribution in [0.4, 0.5) is 5.95 Å². The summed E-state index contributed by atoms with van der Waals surface area (Å²) in [5, 5.41) is 7.93. The molecule has 0 saturated carbocycles. The number of rotatable bonds is 5. The summed E-state index contributed by atoms with van der Waals surface area (Å²) in [5.41, 5.74) is 1.99. The number of carbonyl (C=O) groups excluding carboxylic acids is 1. The lowest BCUT2D eigenvalue weighted by Crippen LogP contribution is -2.18. The fourth-order valence-electron chi connectivity index (χ4n) is 2.70. The Morgan fingerprint density at radius 3 is 2.46 bits per heavy atom. The zero-order valence-corrected chi connectivity index (χ0v) is 15.5. The van der Waals surface area contributed by atoms with Crippen LogP contribution < -0.4 is 5.32 Å². The first kappa shape index (κ1) is 17.9. The molecule has 2 aromatic carbocycles. The van der Waals surface area contributed by atoms with Gasteiger partial charge in [0.15, 0.2) is 0 Å². The number of benzene rings is 2. The molecule has 0 aliphatic rings. The topological polar surface area (TPSA) is 72.7 Å². The van der Waals surface area contributed by atoms with Crippen molar-refractivity contribution in [3.8, 4) is 11.5 Å². The fraction of sp³-hybridized carbons (Fsp3) is 0.0476. The first-order chi connectivity index (χ1) is 13.7. The van der Waals surface area contributed by atoms with Gasteiger partial charge in [-0.3, -0.25) is 9.78 Å². The molecule has 4 aromatic rings. The van der Waals surface area contributed by atoms with Crippen LogP contribution in [-0.4, -0.2) is 25.7 Å². The van der Waals surface area contributed by atoms with Crippen LogP contribution in [0.3, 0.4) is 0 Å². The molecule has 138 valence electrons. The van der Waals surface area contributed by atoms with Crippen molar-refractivity contribution in [3.05, 3.63) is 95.1 Å². The van der Waals surface area contributed by atoms with E-state index in [-0.39, 0.29) is 5.91 Å². The van der Waals surface area contributed by atoms with Gasteiger partial charge in [-0.1, -0.05) is 60.1 Å². The lowest BCUT2D eigenvalue weighted by Gasteiger charge is -2.08. The second-order valence-corrected chi connectivity index (χ2v) is 6.42. The highest BCUT2D eigenvalue weighted by Crippen LogP contribution is 2.21. The number of hydrogen-bond donors (Lipinski definition) is 1. The van der Waals surface area contributed by atoms with Crippen molar-refractivity contribution in [2.45, 2.75) is 6.54 Å². The number of anilines is 1. The van der Waals surface area contributed by atoms with Gasteiger partial charge in [0.2, 0.25) is 11.8 Å². The Hall–Kier alpha value is -3.51. The van der Waals surface area contributed by atoms with Crippen LogP contribution in [-0.2, 0) is 6.54 Å². The van der Waals surface area contributed by atoms with Crippen molar-refractivity contribution in [2.24, 2.45) is 0 Å². The molecular weight excluding hydrogens is 374 g/mol. The molecule has 0 unspecified atom stereocenters. The van der Waals surface area contributed by atoms with Crippen LogP contribution in [0.1, 0.15) is 15.9 Å². The van der Waals surface area contributed by atoms with Gasteiger partial charge in [0.05, 0.1) is 10.6 Å². The Morgan fingerprint density at radius 2 is 1.71 bits per heavy atom. The van der Waals surface area contributed by atoms with Gasteiger partial charge in [-0.05, 0) is 29.8 Å². The van der Waals surface area contributed by atoms with E-state index in [0.29, 0.717) is 34.6 Å². The first-order valence-electron chi connectivity index (χ1n) is 8.68. The SMILES string of the molecule is O=C(c1ccccc1Cl)n1nc(-c2ccccn2)nc1NCc1ccccc1. The summed E-state index contributed by atoms with van der Waals surface area (Å²) in [6.07, 6.45) is 1.66. The zero-order chi connectivity index (χ0) is 19.3. The van der Waals surface area contributed by atoms with Gasteiger partial charge in [-0.15, -0.1) is 5.10 Å². The van der Waals surface area contributed by atoms with Crippen molar-refractivity contribution in [1.82, 2.24) is 19.7 Å².